The molecule has 1 unspecified atom stereocenters. The van der Waals surface area contributed by atoms with Crippen molar-refractivity contribution in [2.75, 3.05) is 5.32 Å². The third-order valence-electron chi connectivity index (χ3n) is 2.87. The number of ether oxygens (including phenoxy) is 1. The fourth-order valence-corrected chi connectivity index (χ4v) is 1.82. The Morgan fingerprint density at radius 3 is 2.36 bits per heavy atom. The van der Waals surface area contributed by atoms with Crippen LogP contribution in [-0.2, 0) is 4.79 Å². The number of nitrogens with two attached hydrogens (primary N) is 1. The lowest BCUT2D eigenvalue weighted by Gasteiger charge is -2.17. The molecule has 114 valence electrons. The maximum atomic E-state index is 11.7. The van der Waals surface area contributed by atoms with Crippen LogP contribution in [0.15, 0.2) is 54.6 Å². The zero-order chi connectivity index (χ0) is 15.9. The van der Waals surface area contributed by atoms with Crippen LogP contribution in [0.2, 0.25) is 0 Å². The minimum absolute atomic E-state index is 0.512. The summed E-state index contributed by atoms with van der Waals surface area (Å²) in [5.74, 6) is 0.750. The fourth-order valence-electron chi connectivity index (χ4n) is 1.82. The standard InChI is InChI=1S/C16H17N3O3/c1-11(15(20)19-16(17)21)18-13-9-5-6-10-14(13)22-12-7-3-2-4-8-12/h2-11,18H,1H3,(H3,17,19,20,21). The number of hydrogen-bond donors (Lipinski definition) is 3. The van der Waals surface area contributed by atoms with E-state index < -0.39 is 18.0 Å². The predicted molar refractivity (Wildman–Crippen MR) is 83.8 cm³/mol. The lowest BCUT2D eigenvalue weighted by molar-refractivity contribution is -0.120. The smallest absolute Gasteiger partial charge is 0.318 e. The Hall–Kier alpha value is -3.02. The summed E-state index contributed by atoms with van der Waals surface area (Å²) in [5, 5.41) is 5.02. The van der Waals surface area contributed by atoms with Gasteiger partial charge in [-0.25, -0.2) is 4.79 Å². The van der Waals surface area contributed by atoms with Gasteiger partial charge < -0.3 is 15.8 Å². The molecule has 0 heterocycles. The van der Waals surface area contributed by atoms with Crippen molar-refractivity contribution >= 4 is 17.6 Å². The molecule has 6 heteroatoms. The molecule has 0 radical (unpaired) electrons. The number of rotatable bonds is 5. The average Bonchev–Trinajstić information content (AvgIpc) is 2.49. The van der Waals surface area contributed by atoms with Gasteiger partial charge in [0.2, 0.25) is 5.91 Å². The van der Waals surface area contributed by atoms with Crippen molar-refractivity contribution in [1.82, 2.24) is 5.32 Å². The second-order valence-electron chi connectivity index (χ2n) is 4.63. The van der Waals surface area contributed by atoms with Gasteiger partial charge in [-0.1, -0.05) is 30.3 Å². The largest absolute Gasteiger partial charge is 0.455 e. The van der Waals surface area contributed by atoms with E-state index in [0.29, 0.717) is 17.2 Å². The Kier molecular flexibility index (Phi) is 4.98. The zero-order valence-electron chi connectivity index (χ0n) is 12.1. The van der Waals surface area contributed by atoms with Gasteiger partial charge in [0.05, 0.1) is 5.69 Å². The van der Waals surface area contributed by atoms with Crippen molar-refractivity contribution in [1.29, 1.82) is 0 Å². The number of urea groups is 1. The molecule has 3 amide bonds. The predicted octanol–water partition coefficient (Wildman–Crippen LogP) is 2.47. The maximum Gasteiger partial charge on any atom is 0.318 e. The molecule has 0 saturated carbocycles. The molecule has 0 aromatic heterocycles. The SMILES string of the molecule is CC(Nc1ccccc1Oc1ccccc1)C(=O)NC(N)=O. The number of anilines is 1. The Morgan fingerprint density at radius 1 is 1.05 bits per heavy atom. The van der Waals surface area contributed by atoms with E-state index in [9.17, 15) is 9.59 Å². The average molecular weight is 299 g/mol. The van der Waals surface area contributed by atoms with Gasteiger partial charge in [0.15, 0.2) is 5.75 Å². The number of carbonyl (C=O) groups is 2. The second kappa shape index (κ2) is 7.12. The summed E-state index contributed by atoms with van der Waals surface area (Å²) in [4.78, 5) is 22.4. The number of imide groups is 1. The first-order valence-corrected chi connectivity index (χ1v) is 6.75. The Morgan fingerprint density at radius 2 is 1.68 bits per heavy atom. The zero-order valence-corrected chi connectivity index (χ0v) is 12.1. The van der Waals surface area contributed by atoms with E-state index in [-0.39, 0.29) is 0 Å². The van der Waals surface area contributed by atoms with Crippen molar-refractivity contribution in [2.45, 2.75) is 13.0 Å². The van der Waals surface area contributed by atoms with Crippen molar-refractivity contribution in [3.8, 4) is 11.5 Å². The molecule has 0 aliphatic carbocycles. The summed E-state index contributed by atoms with van der Waals surface area (Å²) < 4.78 is 5.79. The summed E-state index contributed by atoms with van der Waals surface area (Å²) in [6.45, 7) is 1.62. The molecule has 0 aliphatic heterocycles. The molecule has 2 aromatic carbocycles. The highest BCUT2D eigenvalue weighted by Crippen LogP contribution is 2.29. The summed E-state index contributed by atoms with van der Waals surface area (Å²) >= 11 is 0. The normalized spacial score (nSPS) is 11.3. The van der Waals surface area contributed by atoms with Crippen LogP contribution >= 0.6 is 0 Å². The van der Waals surface area contributed by atoms with Gasteiger partial charge in [-0.15, -0.1) is 0 Å². The van der Waals surface area contributed by atoms with E-state index in [2.05, 4.69) is 5.32 Å². The number of nitrogens with one attached hydrogen (secondary N) is 2. The third-order valence-corrected chi connectivity index (χ3v) is 2.87. The van der Waals surface area contributed by atoms with Gasteiger partial charge >= 0.3 is 6.03 Å². The highest BCUT2D eigenvalue weighted by Gasteiger charge is 2.16. The highest BCUT2D eigenvalue weighted by molar-refractivity contribution is 5.97. The van der Waals surface area contributed by atoms with Gasteiger partial charge in [0, 0.05) is 0 Å². The Balaban J connectivity index is 2.11. The molecule has 22 heavy (non-hydrogen) atoms. The molecule has 0 saturated heterocycles. The van der Waals surface area contributed by atoms with Gasteiger partial charge in [-0.3, -0.25) is 10.1 Å². The van der Waals surface area contributed by atoms with Gasteiger partial charge in [-0.05, 0) is 31.2 Å². The fraction of sp³-hybridized carbons (Fsp3) is 0.125. The minimum atomic E-state index is -0.882. The number of primary amides is 1. The monoisotopic (exact) mass is 299 g/mol. The lowest BCUT2D eigenvalue weighted by atomic mass is 10.2. The topological polar surface area (TPSA) is 93.4 Å². The van der Waals surface area contributed by atoms with E-state index in [1.165, 1.54) is 0 Å². The lowest BCUT2D eigenvalue weighted by Crippen LogP contribution is -2.43. The molecule has 0 aliphatic rings. The van der Waals surface area contributed by atoms with E-state index >= 15 is 0 Å². The molecular formula is C16H17N3O3. The van der Waals surface area contributed by atoms with Crippen LogP contribution in [-0.4, -0.2) is 18.0 Å². The quantitative estimate of drug-likeness (QED) is 0.790. The van der Waals surface area contributed by atoms with Crippen LogP contribution in [0, 0.1) is 0 Å². The van der Waals surface area contributed by atoms with Crippen LogP contribution in [0.1, 0.15) is 6.92 Å². The molecule has 4 N–H and O–H groups in total. The Bertz CT molecular complexity index is 659. The number of hydrogen-bond acceptors (Lipinski definition) is 4. The van der Waals surface area contributed by atoms with E-state index in [4.69, 9.17) is 10.5 Å². The van der Waals surface area contributed by atoms with Crippen molar-refractivity contribution in [3.05, 3.63) is 54.6 Å². The number of benzene rings is 2. The first kappa shape index (κ1) is 15.4. The van der Waals surface area contributed by atoms with Gasteiger partial charge in [0.25, 0.3) is 0 Å². The van der Waals surface area contributed by atoms with Crippen LogP contribution in [0.5, 0.6) is 11.5 Å². The highest BCUT2D eigenvalue weighted by atomic mass is 16.5. The molecule has 0 fully saturated rings. The first-order chi connectivity index (χ1) is 10.6. The van der Waals surface area contributed by atoms with Gasteiger partial charge in [-0.2, -0.15) is 0 Å². The van der Waals surface area contributed by atoms with Crippen molar-refractivity contribution < 1.29 is 14.3 Å². The molecule has 6 nitrogen and oxygen atoms in total. The number of para-hydroxylation sites is 3. The molecule has 2 rings (SSSR count). The van der Waals surface area contributed by atoms with E-state index in [0.717, 1.165) is 0 Å². The molecule has 0 spiro atoms. The summed E-state index contributed by atoms with van der Waals surface area (Å²) in [5.41, 5.74) is 5.57. The third kappa shape index (κ3) is 4.24. The molecule has 0 bridgehead atoms. The number of amides is 3. The summed E-state index contributed by atoms with van der Waals surface area (Å²) in [6, 6.07) is 15.0. The Labute approximate surface area is 128 Å². The van der Waals surface area contributed by atoms with Crippen LogP contribution in [0.4, 0.5) is 10.5 Å². The van der Waals surface area contributed by atoms with Crippen LogP contribution in [0.3, 0.4) is 0 Å². The van der Waals surface area contributed by atoms with Gasteiger partial charge in [0.1, 0.15) is 11.8 Å². The first-order valence-electron chi connectivity index (χ1n) is 6.75. The maximum absolute atomic E-state index is 11.7. The van der Waals surface area contributed by atoms with E-state index in [1.54, 1.807) is 19.1 Å². The second-order valence-corrected chi connectivity index (χ2v) is 4.63. The summed E-state index contributed by atoms with van der Waals surface area (Å²) in [6.07, 6.45) is 0. The van der Waals surface area contributed by atoms with Crippen LogP contribution in [0.25, 0.3) is 0 Å². The molecule has 2 aromatic rings. The van der Waals surface area contributed by atoms with Crippen LogP contribution < -0.4 is 21.1 Å². The number of carbonyl (C=O) groups excluding carboxylic acids is 2. The van der Waals surface area contributed by atoms with Crippen molar-refractivity contribution in [2.24, 2.45) is 5.73 Å². The van der Waals surface area contributed by atoms with Crippen molar-refractivity contribution in [3.63, 3.8) is 0 Å². The van der Waals surface area contributed by atoms with E-state index in [1.807, 2.05) is 47.8 Å². The minimum Gasteiger partial charge on any atom is -0.455 e. The molecule has 1 atom stereocenters. The molecular weight excluding hydrogens is 282 g/mol. The summed E-state index contributed by atoms with van der Waals surface area (Å²) in [7, 11) is 0.